The molecule has 1 aliphatic heterocycles. The molecule has 3 heterocycles. The first kappa shape index (κ1) is 14.9. The Morgan fingerprint density at radius 1 is 1.30 bits per heavy atom. The fraction of sp³-hybridized carbons (Fsp3) is 0.267. The summed E-state index contributed by atoms with van der Waals surface area (Å²) >= 11 is 7.86. The summed E-state index contributed by atoms with van der Waals surface area (Å²) in [6.45, 7) is 0.769. The van der Waals surface area contributed by atoms with Crippen molar-refractivity contribution in [3.05, 3.63) is 35.1 Å². The van der Waals surface area contributed by atoms with E-state index in [2.05, 4.69) is 48.8 Å². The lowest BCUT2D eigenvalue weighted by Gasteiger charge is -2.12. The second-order valence-corrected chi connectivity index (χ2v) is 6.52. The second kappa shape index (κ2) is 6.10. The number of thiol groups is 1. The predicted octanol–water partition coefficient (Wildman–Crippen LogP) is 3.93. The number of hydrogen-bond acceptors (Lipinski definition) is 6. The van der Waals surface area contributed by atoms with Crippen molar-refractivity contribution in [2.24, 2.45) is 0 Å². The average molecular weight is 392 g/mol. The molecule has 23 heavy (non-hydrogen) atoms. The summed E-state index contributed by atoms with van der Waals surface area (Å²) in [7, 11) is 0. The van der Waals surface area contributed by atoms with E-state index in [1.165, 1.54) is 0 Å². The highest BCUT2D eigenvalue weighted by Crippen LogP contribution is 2.31. The lowest BCUT2D eigenvalue weighted by atomic mass is 10.3. The SMILES string of the molecule is Sc1nc(Nc2ccccc2Br)c2ncn(C3CCCO3)c2n1. The van der Waals surface area contributed by atoms with Crippen LogP contribution in [0.2, 0.25) is 0 Å². The van der Waals surface area contributed by atoms with Crippen molar-refractivity contribution < 1.29 is 4.74 Å². The molecule has 1 fully saturated rings. The number of anilines is 2. The summed E-state index contributed by atoms with van der Waals surface area (Å²) in [5.41, 5.74) is 2.34. The van der Waals surface area contributed by atoms with Crippen LogP contribution in [0.15, 0.2) is 40.2 Å². The van der Waals surface area contributed by atoms with Crippen molar-refractivity contribution in [1.29, 1.82) is 0 Å². The van der Waals surface area contributed by atoms with Crippen molar-refractivity contribution in [3.8, 4) is 0 Å². The second-order valence-electron chi connectivity index (χ2n) is 5.27. The molecule has 2 aromatic heterocycles. The van der Waals surface area contributed by atoms with E-state index in [-0.39, 0.29) is 6.23 Å². The van der Waals surface area contributed by atoms with Crippen LogP contribution in [0.4, 0.5) is 11.5 Å². The Labute approximate surface area is 146 Å². The maximum atomic E-state index is 5.73. The molecule has 118 valence electrons. The number of fused-ring (bicyclic) bond motifs is 1. The summed E-state index contributed by atoms with van der Waals surface area (Å²) in [6, 6.07) is 7.85. The molecule has 1 N–H and O–H groups in total. The number of benzene rings is 1. The molecule has 1 unspecified atom stereocenters. The van der Waals surface area contributed by atoms with Crippen LogP contribution < -0.4 is 5.32 Å². The number of nitrogens with one attached hydrogen (secondary N) is 1. The van der Waals surface area contributed by atoms with Gasteiger partial charge in [-0.25, -0.2) is 15.0 Å². The van der Waals surface area contributed by atoms with Crippen LogP contribution in [-0.2, 0) is 4.74 Å². The van der Waals surface area contributed by atoms with Crippen LogP contribution >= 0.6 is 28.6 Å². The van der Waals surface area contributed by atoms with Gasteiger partial charge in [0.25, 0.3) is 0 Å². The molecule has 0 saturated carbocycles. The van der Waals surface area contributed by atoms with E-state index < -0.39 is 0 Å². The number of halogens is 1. The van der Waals surface area contributed by atoms with Crippen molar-refractivity contribution >= 4 is 51.2 Å². The lowest BCUT2D eigenvalue weighted by molar-refractivity contribution is 0.0592. The van der Waals surface area contributed by atoms with Crippen molar-refractivity contribution in [2.75, 3.05) is 11.9 Å². The number of aromatic nitrogens is 4. The molecule has 8 heteroatoms. The van der Waals surface area contributed by atoms with Crippen molar-refractivity contribution in [1.82, 2.24) is 19.5 Å². The van der Waals surface area contributed by atoms with E-state index in [4.69, 9.17) is 4.74 Å². The van der Waals surface area contributed by atoms with Crippen molar-refractivity contribution in [2.45, 2.75) is 24.2 Å². The van der Waals surface area contributed by atoms with Gasteiger partial charge in [-0.1, -0.05) is 12.1 Å². The smallest absolute Gasteiger partial charge is 0.188 e. The Hall–Kier alpha value is -1.64. The zero-order chi connectivity index (χ0) is 15.8. The van der Waals surface area contributed by atoms with Crippen LogP contribution in [0.5, 0.6) is 0 Å². The van der Waals surface area contributed by atoms with Gasteiger partial charge in [-0.3, -0.25) is 4.57 Å². The third-order valence-corrected chi connectivity index (χ3v) is 4.64. The number of ether oxygens (including phenoxy) is 1. The van der Waals surface area contributed by atoms with Crippen LogP contribution in [0.1, 0.15) is 19.1 Å². The van der Waals surface area contributed by atoms with Gasteiger partial charge in [-0.05, 0) is 40.9 Å². The predicted molar refractivity (Wildman–Crippen MR) is 94.2 cm³/mol. The van der Waals surface area contributed by atoms with Crippen molar-refractivity contribution in [3.63, 3.8) is 0 Å². The molecule has 0 spiro atoms. The third-order valence-electron chi connectivity index (χ3n) is 3.75. The Kier molecular flexibility index (Phi) is 3.96. The fourth-order valence-corrected chi connectivity index (χ4v) is 3.25. The molecular weight excluding hydrogens is 378 g/mol. The molecule has 0 amide bonds. The molecule has 1 atom stereocenters. The normalized spacial score (nSPS) is 17.7. The molecule has 6 nitrogen and oxygen atoms in total. The minimum Gasteiger partial charge on any atom is -0.358 e. The summed E-state index contributed by atoms with van der Waals surface area (Å²) < 4.78 is 8.64. The van der Waals surface area contributed by atoms with Gasteiger partial charge < -0.3 is 10.1 Å². The van der Waals surface area contributed by atoms with Gasteiger partial charge in [0.15, 0.2) is 22.1 Å². The molecule has 1 saturated heterocycles. The molecule has 1 aliphatic rings. The third kappa shape index (κ3) is 2.82. The highest BCUT2D eigenvalue weighted by Gasteiger charge is 2.22. The number of nitrogens with zero attached hydrogens (tertiary/aromatic N) is 4. The molecule has 4 rings (SSSR count). The molecule has 0 radical (unpaired) electrons. The first-order valence-electron chi connectivity index (χ1n) is 7.29. The topological polar surface area (TPSA) is 64.9 Å². The van der Waals surface area contributed by atoms with Gasteiger partial charge in [0, 0.05) is 11.1 Å². The molecular formula is C15H14BrN5OS. The van der Waals surface area contributed by atoms with Crippen LogP contribution in [0.3, 0.4) is 0 Å². The van der Waals surface area contributed by atoms with Gasteiger partial charge in [-0.2, -0.15) is 0 Å². The molecule has 1 aromatic carbocycles. The van der Waals surface area contributed by atoms with Crippen LogP contribution in [0.25, 0.3) is 11.2 Å². The van der Waals surface area contributed by atoms with Gasteiger partial charge in [-0.15, -0.1) is 12.6 Å². The first-order chi connectivity index (χ1) is 11.2. The highest BCUT2D eigenvalue weighted by molar-refractivity contribution is 9.10. The molecule has 0 bridgehead atoms. The van der Waals surface area contributed by atoms with Gasteiger partial charge >= 0.3 is 0 Å². The minimum atomic E-state index is -0.0149. The van der Waals surface area contributed by atoms with Gasteiger partial charge in [0.1, 0.15) is 6.23 Å². The average Bonchev–Trinajstić information content (AvgIpc) is 3.18. The zero-order valence-electron chi connectivity index (χ0n) is 12.1. The van der Waals surface area contributed by atoms with E-state index >= 15 is 0 Å². The first-order valence-corrected chi connectivity index (χ1v) is 8.53. The van der Waals surface area contributed by atoms with Crippen LogP contribution in [-0.4, -0.2) is 26.1 Å². The highest BCUT2D eigenvalue weighted by atomic mass is 79.9. The van der Waals surface area contributed by atoms with E-state index in [9.17, 15) is 0 Å². The van der Waals surface area contributed by atoms with Gasteiger partial charge in [0.05, 0.1) is 12.0 Å². The molecule has 3 aromatic rings. The maximum Gasteiger partial charge on any atom is 0.188 e. The Bertz CT molecular complexity index is 862. The minimum absolute atomic E-state index is 0.0149. The van der Waals surface area contributed by atoms with Gasteiger partial charge in [0.2, 0.25) is 0 Å². The maximum absolute atomic E-state index is 5.73. The number of imidazole rings is 1. The zero-order valence-corrected chi connectivity index (χ0v) is 14.6. The van der Waals surface area contributed by atoms with E-state index in [1.807, 2.05) is 28.8 Å². The summed E-state index contributed by atoms with van der Waals surface area (Å²) in [6.07, 6.45) is 3.75. The summed E-state index contributed by atoms with van der Waals surface area (Å²) in [4.78, 5) is 13.3. The fourth-order valence-electron chi connectivity index (χ4n) is 2.67. The number of hydrogen-bond donors (Lipinski definition) is 2. The Morgan fingerprint density at radius 2 is 2.17 bits per heavy atom. The summed E-state index contributed by atoms with van der Waals surface area (Å²) in [5, 5.41) is 3.69. The number of para-hydroxylation sites is 1. The lowest BCUT2D eigenvalue weighted by Crippen LogP contribution is -2.07. The number of rotatable bonds is 3. The molecule has 0 aliphatic carbocycles. The quantitative estimate of drug-likeness (QED) is 0.522. The monoisotopic (exact) mass is 391 g/mol. The van der Waals surface area contributed by atoms with E-state index in [1.54, 1.807) is 6.33 Å². The van der Waals surface area contributed by atoms with Crippen LogP contribution in [0, 0.1) is 0 Å². The largest absolute Gasteiger partial charge is 0.358 e. The van der Waals surface area contributed by atoms with E-state index in [0.29, 0.717) is 16.5 Å². The standard InChI is InChI=1S/C15H14BrN5OS/c16-9-4-1-2-5-10(9)18-13-12-14(20-15(23)19-13)21(8-17-12)11-6-3-7-22-11/h1-2,4-5,8,11H,3,6-7H2,(H2,18,19,20,23). The Morgan fingerprint density at radius 3 is 2.96 bits per heavy atom. The Balaban J connectivity index is 1.79. The van der Waals surface area contributed by atoms with E-state index in [0.717, 1.165) is 35.3 Å². The summed E-state index contributed by atoms with van der Waals surface area (Å²) in [5.74, 6) is 0.628.